The number of hydrogen-bond acceptors (Lipinski definition) is 3. The van der Waals surface area contributed by atoms with Gasteiger partial charge in [0.15, 0.2) is 15.6 Å². The summed E-state index contributed by atoms with van der Waals surface area (Å²) in [6, 6.07) is 14.0. The lowest BCUT2D eigenvalue weighted by atomic mass is 9.84. The van der Waals surface area contributed by atoms with Gasteiger partial charge in [-0.3, -0.25) is 4.79 Å². The van der Waals surface area contributed by atoms with Gasteiger partial charge in [-0.1, -0.05) is 40.2 Å². The fraction of sp³-hybridized carbons (Fsp3) is 0.235. The predicted molar refractivity (Wildman–Crippen MR) is 88.8 cm³/mol. The van der Waals surface area contributed by atoms with Crippen LogP contribution in [0.3, 0.4) is 0 Å². The highest BCUT2D eigenvalue weighted by molar-refractivity contribution is 9.10. The molecule has 0 bridgehead atoms. The number of ketones is 1. The van der Waals surface area contributed by atoms with Crippen molar-refractivity contribution in [2.24, 2.45) is 5.92 Å². The number of halogens is 1. The first-order valence-corrected chi connectivity index (χ1v) is 9.52. The van der Waals surface area contributed by atoms with Crippen LogP contribution >= 0.6 is 15.9 Å². The Morgan fingerprint density at radius 1 is 1.05 bits per heavy atom. The fourth-order valence-corrected chi connectivity index (χ4v) is 4.68. The average molecular weight is 379 g/mol. The van der Waals surface area contributed by atoms with E-state index in [4.69, 9.17) is 0 Å². The molecule has 1 aliphatic carbocycles. The van der Waals surface area contributed by atoms with Crippen molar-refractivity contribution in [3.05, 3.63) is 64.1 Å². The molecule has 22 heavy (non-hydrogen) atoms. The lowest BCUT2D eigenvalue weighted by Crippen LogP contribution is -2.29. The van der Waals surface area contributed by atoms with E-state index in [-0.39, 0.29) is 16.4 Å². The lowest BCUT2D eigenvalue weighted by Gasteiger charge is -2.23. The summed E-state index contributed by atoms with van der Waals surface area (Å²) in [5.74, 6) is -0.631. The van der Waals surface area contributed by atoms with Gasteiger partial charge in [-0.05, 0) is 42.7 Å². The summed E-state index contributed by atoms with van der Waals surface area (Å²) < 4.78 is 25.8. The Morgan fingerprint density at radius 2 is 1.73 bits per heavy atom. The van der Waals surface area contributed by atoms with Crippen LogP contribution in [0.15, 0.2) is 57.9 Å². The molecule has 0 spiro atoms. The smallest absolute Gasteiger partial charge is 0.179 e. The number of fused-ring (bicyclic) bond motifs is 1. The molecule has 0 N–H and O–H groups in total. The Bertz CT molecular complexity index is 810. The third-order valence-electron chi connectivity index (χ3n) is 4.01. The van der Waals surface area contributed by atoms with E-state index in [1.807, 2.05) is 18.2 Å². The zero-order valence-electron chi connectivity index (χ0n) is 11.8. The summed E-state index contributed by atoms with van der Waals surface area (Å²) in [6.07, 6.45) is 1.34. The topological polar surface area (TPSA) is 51.2 Å². The van der Waals surface area contributed by atoms with E-state index >= 15 is 0 Å². The maximum absolute atomic E-state index is 12.5. The van der Waals surface area contributed by atoms with Gasteiger partial charge in [0, 0.05) is 16.0 Å². The second-order valence-electron chi connectivity index (χ2n) is 5.49. The van der Waals surface area contributed by atoms with E-state index in [0.717, 1.165) is 16.5 Å². The summed E-state index contributed by atoms with van der Waals surface area (Å²) in [4.78, 5) is 12.8. The lowest BCUT2D eigenvalue weighted by molar-refractivity contribution is 0.0915. The van der Waals surface area contributed by atoms with Crippen LogP contribution in [0.5, 0.6) is 0 Å². The Hall–Kier alpha value is -1.46. The molecule has 0 saturated carbocycles. The number of aryl methyl sites for hydroxylation is 1. The molecular weight excluding hydrogens is 364 g/mol. The molecule has 3 rings (SSSR count). The SMILES string of the molecule is O=C1c2ccccc2CC[C@@H]1CS(=O)(=O)c1ccc(Br)cc1. The van der Waals surface area contributed by atoms with Gasteiger partial charge < -0.3 is 0 Å². The van der Waals surface area contributed by atoms with Crippen LogP contribution in [0.4, 0.5) is 0 Å². The van der Waals surface area contributed by atoms with Crippen molar-refractivity contribution in [1.82, 2.24) is 0 Å². The van der Waals surface area contributed by atoms with Crippen molar-refractivity contribution in [3.63, 3.8) is 0 Å². The van der Waals surface area contributed by atoms with Crippen molar-refractivity contribution in [2.75, 3.05) is 5.75 Å². The van der Waals surface area contributed by atoms with Crippen LogP contribution in [0.25, 0.3) is 0 Å². The second-order valence-corrected chi connectivity index (χ2v) is 8.44. The molecule has 1 aliphatic rings. The Balaban J connectivity index is 1.85. The van der Waals surface area contributed by atoms with Crippen molar-refractivity contribution < 1.29 is 13.2 Å². The average Bonchev–Trinajstić information content (AvgIpc) is 2.51. The number of benzene rings is 2. The molecule has 1 atom stereocenters. The number of sulfone groups is 1. The largest absolute Gasteiger partial charge is 0.294 e. The first-order chi connectivity index (χ1) is 10.5. The Labute approximate surface area is 138 Å². The van der Waals surface area contributed by atoms with E-state index in [0.29, 0.717) is 12.0 Å². The Morgan fingerprint density at radius 3 is 2.45 bits per heavy atom. The van der Waals surface area contributed by atoms with Crippen molar-refractivity contribution in [3.8, 4) is 0 Å². The van der Waals surface area contributed by atoms with E-state index in [1.54, 1.807) is 30.3 Å². The van der Waals surface area contributed by atoms with E-state index in [2.05, 4.69) is 15.9 Å². The third kappa shape index (κ3) is 3.01. The maximum atomic E-state index is 12.5. The molecule has 114 valence electrons. The molecule has 0 fully saturated rings. The highest BCUT2D eigenvalue weighted by Gasteiger charge is 2.31. The first-order valence-electron chi connectivity index (χ1n) is 7.08. The summed E-state index contributed by atoms with van der Waals surface area (Å²) in [5.41, 5.74) is 1.69. The zero-order valence-corrected chi connectivity index (χ0v) is 14.2. The van der Waals surface area contributed by atoms with Crippen LogP contribution in [-0.4, -0.2) is 20.0 Å². The van der Waals surface area contributed by atoms with Gasteiger partial charge in [-0.2, -0.15) is 0 Å². The maximum Gasteiger partial charge on any atom is 0.179 e. The van der Waals surface area contributed by atoms with Gasteiger partial charge in [0.1, 0.15) is 0 Å². The van der Waals surface area contributed by atoms with Crippen LogP contribution in [0.1, 0.15) is 22.3 Å². The summed E-state index contributed by atoms with van der Waals surface area (Å²) in [7, 11) is -3.45. The quantitative estimate of drug-likeness (QED) is 0.818. The molecule has 3 nitrogen and oxygen atoms in total. The zero-order chi connectivity index (χ0) is 15.7. The molecule has 0 saturated heterocycles. The monoisotopic (exact) mass is 378 g/mol. The number of hydrogen-bond donors (Lipinski definition) is 0. The number of Topliss-reactive ketones (excluding diaryl/α,β-unsaturated/α-hetero) is 1. The van der Waals surface area contributed by atoms with Gasteiger partial charge in [0.05, 0.1) is 10.6 Å². The minimum absolute atomic E-state index is 0.0532. The van der Waals surface area contributed by atoms with Crippen LogP contribution < -0.4 is 0 Å². The minimum Gasteiger partial charge on any atom is -0.294 e. The van der Waals surface area contributed by atoms with Crippen LogP contribution in [0.2, 0.25) is 0 Å². The highest BCUT2D eigenvalue weighted by atomic mass is 79.9. The predicted octanol–water partition coefficient (Wildman–Crippen LogP) is 3.67. The summed E-state index contributed by atoms with van der Waals surface area (Å²) in [5, 5.41) is 0. The molecule has 0 heterocycles. The molecule has 0 radical (unpaired) electrons. The summed E-state index contributed by atoms with van der Waals surface area (Å²) >= 11 is 3.29. The van der Waals surface area contributed by atoms with E-state index < -0.39 is 15.8 Å². The second kappa shape index (κ2) is 5.97. The summed E-state index contributed by atoms with van der Waals surface area (Å²) in [6.45, 7) is 0. The molecule has 0 amide bonds. The minimum atomic E-state index is -3.45. The fourth-order valence-electron chi connectivity index (χ4n) is 2.82. The standard InChI is InChI=1S/C17H15BrO3S/c18-14-7-9-15(10-8-14)22(20,21)11-13-6-5-12-3-1-2-4-16(12)17(13)19/h1-4,7-10,13H,5-6,11H2/t13-/m1/s1. The van der Waals surface area contributed by atoms with Gasteiger partial charge >= 0.3 is 0 Å². The van der Waals surface area contributed by atoms with Gasteiger partial charge in [0.2, 0.25) is 0 Å². The van der Waals surface area contributed by atoms with E-state index in [9.17, 15) is 13.2 Å². The normalized spacial score (nSPS) is 18.0. The van der Waals surface area contributed by atoms with Gasteiger partial charge in [0.25, 0.3) is 0 Å². The molecule has 0 unspecified atom stereocenters. The van der Waals surface area contributed by atoms with Crippen LogP contribution in [0, 0.1) is 5.92 Å². The first kappa shape index (κ1) is 15.4. The molecule has 0 aliphatic heterocycles. The number of carbonyl (C=O) groups excluding carboxylic acids is 1. The van der Waals surface area contributed by atoms with Crippen molar-refractivity contribution >= 4 is 31.6 Å². The third-order valence-corrected chi connectivity index (χ3v) is 6.37. The molecule has 2 aromatic carbocycles. The molecule has 5 heteroatoms. The highest BCUT2D eigenvalue weighted by Crippen LogP contribution is 2.28. The Kier molecular flexibility index (Phi) is 4.19. The van der Waals surface area contributed by atoms with Gasteiger partial charge in [-0.25, -0.2) is 8.42 Å². The van der Waals surface area contributed by atoms with Crippen molar-refractivity contribution in [2.45, 2.75) is 17.7 Å². The molecular formula is C17H15BrO3S. The number of carbonyl (C=O) groups is 1. The van der Waals surface area contributed by atoms with E-state index in [1.165, 1.54) is 0 Å². The molecule has 2 aromatic rings. The van der Waals surface area contributed by atoms with Crippen LogP contribution in [-0.2, 0) is 16.3 Å². The van der Waals surface area contributed by atoms with Gasteiger partial charge in [-0.15, -0.1) is 0 Å². The molecule has 0 aromatic heterocycles. The van der Waals surface area contributed by atoms with Crippen molar-refractivity contribution in [1.29, 1.82) is 0 Å². The number of rotatable bonds is 3.